The summed E-state index contributed by atoms with van der Waals surface area (Å²) in [5, 5.41) is 9.46. The zero-order chi connectivity index (χ0) is 14.4. The summed E-state index contributed by atoms with van der Waals surface area (Å²) in [5.41, 5.74) is 0. The highest BCUT2D eigenvalue weighted by molar-refractivity contribution is 5.91. The average Bonchev–Trinajstić information content (AvgIpc) is 3.02. The van der Waals surface area contributed by atoms with E-state index in [1.807, 2.05) is 0 Å². The highest BCUT2D eigenvalue weighted by Crippen LogP contribution is 2.43. The Labute approximate surface area is 117 Å². The summed E-state index contributed by atoms with van der Waals surface area (Å²) in [7, 11) is 1.68. The van der Waals surface area contributed by atoms with Crippen LogP contribution in [-0.2, 0) is 14.4 Å². The van der Waals surface area contributed by atoms with Gasteiger partial charge in [0.05, 0.1) is 5.92 Å². The Balaban J connectivity index is 1.77. The van der Waals surface area contributed by atoms with Crippen LogP contribution < -0.4 is 0 Å². The maximum atomic E-state index is 12.6. The van der Waals surface area contributed by atoms with Gasteiger partial charge in [0.25, 0.3) is 0 Å². The number of rotatable bonds is 2. The second kappa shape index (κ2) is 4.75. The Morgan fingerprint density at radius 1 is 1.25 bits per heavy atom. The van der Waals surface area contributed by atoms with E-state index in [1.165, 1.54) is 4.90 Å². The summed E-state index contributed by atoms with van der Waals surface area (Å²) in [5.74, 6) is -1.01. The monoisotopic (exact) mass is 280 g/mol. The van der Waals surface area contributed by atoms with Crippen molar-refractivity contribution < 1.29 is 19.5 Å². The van der Waals surface area contributed by atoms with E-state index < -0.39 is 12.0 Å². The van der Waals surface area contributed by atoms with Gasteiger partial charge >= 0.3 is 5.97 Å². The number of carboxylic acid groups (broad SMARTS) is 1. The quantitative estimate of drug-likeness (QED) is 0.782. The van der Waals surface area contributed by atoms with Crippen LogP contribution in [0.1, 0.15) is 25.7 Å². The van der Waals surface area contributed by atoms with Crippen LogP contribution in [-0.4, -0.2) is 58.9 Å². The van der Waals surface area contributed by atoms with E-state index in [4.69, 9.17) is 0 Å². The maximum absolute atomic E-state index is 12.6. The van der Waals surface area contributed by atoms with Crippen LogP contribution in [0.5, 0.6) is 0 Å². The Morgan fingerprint density at radius 2 is 2.00 bits per heavy atom. The lowest BCUT2D eigenvalue weighted by Gasteiger charge is -2.26. The van der Waals surface area contributed by atoms with Crippen molar-refractivity contribution in [3.8, 4) is 0 Å². The lowest BCUT2D eigenvalue weighted by molar-refractivity contribution is -0.151. The van der Waals surface area contributed by atoms with Gasteiger partial charge in [-0.25, -0.2) is 4.79 Å². The van der Waals surface area contributed by atoms with E-state index in [2.05, 4.69) is 0 Å². The number of nitrogens with zero attached hydrogens (tertiary/aromatic N) is 2. The van der Waals surface area contributed by atoms with E-state index in [9.17, 15) is 19.5 Å². The van der Waals surface area contributed by atoms with Crippen LogP contribution >= 0.6 is 0 Å². The molecule has 2 heterocycles. The Morgan fingerprint density at radius 3 is 2.60 bits per heavy atom. The molecule has 0 aromatic heterocycles. The number of likely N-dealkylation sites (tertiary alicyclic amines) is 2. The molecule has 6 heteroatoms. The SMILES string of the molecule is CN1CC(C(=O)N2CC3CCCC3C2C(=O)O)CC1=O. The van der Waals surface area contributed by atoms with Gasteiger partial charge in [-0.2, -0.15) is 0 Å². The molecule has 2 saturated heterocycles. The highest BCUT2D eigenvalue weighted by Gasteiger charge is 2.51. The molecule has 1 saturated carbocycles. The van der Waals surface area contributed by atoms with Gasteiger partial charge in [-0.05, 0) is 24.7 Å². The van der Waals surface area contributed by atoms with Crippen molar-refractivity contribution in [1.29, 1.82) is 0 Å². The molecule has 4 atom stereocenters. The van der Waals surface area contributed by atoms with Crippen LogP contribution in [0.3, 0.4) is 0 Å². The van der Waals surface area contributed by atoms with Gasteiger partial charge in [0, 0.05) is 26.6 Å². The molecule has 0 radical (unpaired) electrons. The number of amides is 2. The molecule has 0 aromatic carbocycles. The summed E-state index contributed by atoms with van der Waals surface area (Å²) < 4.78 is 0. The minimum absolute atomic E-state index is 0.0328. The van der Waals surface area contributed by atoms with Crippen molar-refractivity contribution in [3.05, 3.63) is 0 Å². The summed E-state index contributed by atoms with van der Waals surface area (Å²) >= 11 is 0. The van der Waals surface area contributed by atoms with Gasteiger partial charge in [-0.15, -0.1) is 0 Å². The minimum Gasteiger partial charge on any atom is -0.480 e. The number of fused-ring (bicyclic) bond motifs is 1. The third-order valence-corrected chi connectivity index (χ3v) is 5.12. The molecule has 3 aliphatic rings. The third-order valence-electron chi connectivity index (χ3n) is 5.12. The normalized spacial score (nSPS) is 36.5. The fraction of sp³-hybridized carbons (Fsp3) is 0.786. The Kier molecular flexibility index (Phi) is 3.18. The lowest BCUT2D eigenvalue weighted by atomic mass is 9.94. The van der Waals surface area contributed by atoms with Gasteiger partial charge < -0.3 is 14.9 Å². The van der Waals surface area contributed by atoms with E-state index in [-0.39, 0.29) is 30.1 Å². The van der Waals surface area contributed by atoms with Crippen LogP contribution in [0.25, 0.3) is 0 Å². The highest BCUT2D eigenvalue weighted by atomic mass is 16.4. The molecular weight excluding hydrogens is 260 g/mol. The summed E-state index contributed by atoms with van der Waals surface area (Å²) in [4.78, 5) is 38.7. The van der Waals surface area contributed by atoms with Gasteiger partial charge in [0.15, 0.2) is 0 Å². The number of carboxylic acids is 1. The fourth-order valence-corrected chi connectivity index (χ4v) is 4.11. The van der Waals surface area contributed by atoms with E-state index in [0.717, 1.165) is 19.3 Å². The molecule has 1 aliphatic carbocycles. The van der Waals surface area contributed by atoms with Gasteiger partial charge in [0.2, 0.25) is 11.8 Å². The molecule has 1 N–H and O–H groups in total. The molecular formula is C14H20N2O4. The summed E-state index contributed by atoms with van der Waals surface area (Å²) in [6, 6.07) is -0.684. The predicted molar refractivity (Wildman–Crippen MR) is 69.7 cm³/mol. The van der Waals surface area contributed by atoms with E-state index in [1.54, 1.807) is 11.9 Å². The summed E-state index contributed by atoms with van der Waals surface area (Å²) in [6.45, 7) is 0.963. The topological polar surface area (TPSA) is 77.9 Å². The molecule has 0 aromatic rings. The van der Waals surface area contributed by atoms with Crippen LogP contribution in [0, 0.1) is 17.8 Å². The first-order valence-corrected chi connectivity index (χ1v) is 7.26. The first-order chi connectivity index (χ1) is 9.49. The van der Waals surface area contributed by atoms with Crippen molar-refractivity contribution in [1.82, 2.24) is 9.80 Å². The zero-order valence-corrected chi connectivity index (χ0v) is 11.6. The van der Waals surface area contributed by atoms with Crippen molar-refractivity contribution in [2.45, 2.75) is 31.7 Å². The summed E-state index contributed by atoms with van der Waals surface area (Å²) in [6.07, 6.45) is 3.19. The van der Waals surface area contributed by atoms with E-state index in [0.29, 0.717) is 19.0 Å². The maximum Gasteiger partial charge on any atom is 0.326 e. The van der Waals surface area contributed by atoms with E-state index >= 15 is 0 Å². The van der Waals surface area contributed by atoms with Crippen LogP contribution in [0.2, 0.25) is 0 Å². The lowest BCUT2D eigenvalue weighted by Crippen LogP contribution is -2.46. The molecule has 20 heavy (non-hydrogen) atoms. The molecule has 0 bridgehead atoms. The number of hydrogen-bond acceptors (Lipinski definition) is 3. The molecule has 2 aliphatic heterocycles. The van der Waals surface area contributed by atoms with Crippen LogP contribution in [0.15, 0.2) is 0 Å². The molecule has 110 valence electrons. The largest absolute Gasteiger partial charge is 0.480 e. The van der Waals surface area contributed by atoms with Crippen molar-refractivity contribution in [3.63, 3.8) is 0 Å². The van der Waals surface area contributed by atoms with Crippen molar-refractivity contribution in [2.24, 2.45) is 17.8 Å². The number of carbonyl (C=O) groups is 3. The second-order valence-electron chi connectivity index (χ2n) is 6.30. The molecule has 2 amide bonds. The van der Waals surface area contributed by atoms with Gasteiger partial charge in [-0.3, -0.25) is 9.59 Å². The fourth-order valence-electron chi connectivity index (χ4n) is 4.11. The molecule has 6 nitrogen and oxygen atoms in total. The first-order valence-electron chi connectivity index (χ1n) is 7.26. The average molecular weight is 280 g/mol. The zero-order valence-electron chi connectivity index (χ0n) is 11.6. The first kappa shape index (κ1) is 13.4. The Bertz CT molecular complexity index is 464. The number of aliphatic carboxylic acids is 1. The third kappa shape index (κ3) is 1.98. The predicted octanol–water partition coefficient (Wildman–Crippen LogP) is 0.176. The molecule has 0 spiro atoms. The molecule has 4 unspecified atom stereocenters. The van der Waals surface area contributed by atoms with Gasteiger partial charge in [-0.1, -0.05) is 6.42 Å². The standard InChI is InChI=1S/C14H20N2O4/c1-15-6-9(5-11(15)17)13(18)16-7-8-3-2-4-10(8)12(16)14(19)20/h8-10,12H,2-7H2,1H3,(H,19,20). The van der Waals surface area contributed by atoms with Crippen LogP contribution in [0.4, 0.5) is 0 Å². The molecule has 3 rings (SSSR count). The molecule has 3 fully saturated rings. The number of hydrogen-bond donors (Lipinski definition) is 1. The minimum atomic E-state index is -0.898. The van der Waals surface area contributed by atoms with Crippen molar-refractivity contribution in [2.75, 3.05) is 20.1 Å². The Hall–Kier alpha value is -1.59. The second-order valence-corrected chi connectivity index (χ2v) is 6.30. The van der Waals surface area contributed by atoms with Gasteiger partial charge in [0.1, 0.15) is 6.04 Å². The smallest absolute Gasteiger partial charge is 0.326 e. The van der Waals surface area contributed by atoms with Crippen molar-refractivity contribution >= 4 is 17.8 Å². The number of carbonyl (C=O) groups excluding carboxylic acids is 2.